The molecule has 0 heterocycles. The van der Waals surface area contributed by atoms with Crippen molar-refractivity contribution < 1.29 is 19.2 Å². The highest BCUT2D eigenvalue weighted by Crippen LogP contribution is 2.28. The van der Waals surface area contributed by atoms with Crippen molar-refractivity contribution in [2.24, 2.45) is 0 Å². The number of anilines is 1. The van der Waals surface area contributed by atoms with E-state index in [0.29, 0.717) is 10.7 Å². The van der Waals surface area contributed by atoms with Crippen molar-refractivity contribution in [3.05, 3.63) is 62.6 Å². The van der Waals surface area contributed by atoms with E-state index < -0.39 is 16.7 Å². The highest BCUT2D eigenvalue weighted by Gasteiger charge is 2.16. The number of amides is 2. The Hall–Kier alpha value is -2.84. The van der Waals surface area contributed by atoms with Crippen LogP contribution in [0.5, 0.6) is 5.75 Å². The van der Waals surface area contributed by atoms with E-state index >= 15 is 0 Å². The number of non-ortho nitro benzene ring substituents is 1. The van der Waals surface area contributed by atoms with Gasteiger partial charge in [0.1, 0.15) is 5.75 Å². The van der Waals surface area contributed by atoms with Crippen molar-refractivity contribution in [3.8, 4) is 5.75 Å². The van der Waals surface area contributed by atoms with Crippen LogP contribution in [0.25, 0.3) is 0 Å². The maximum Gasteiger partial charge on any atom is 0.271 e. The summed E-state index contributed by atoms with van der Waals surface area (Å²) in [5.74, 6) is -0.768. The predicted molar refractivity (Wildman–Crippen MR) is 101 cm³/mol. The van der Waals surface area contributed by atoms with Crippen molar-refractivity contribution in [2.45, 2.75) is 0 Å². The first-order valence-corrected chi connectivity index (χ1v) is 8.38. The molecule has 0 atom stereocenters. The third-order valence-electron chi connectivity index (χ3n) is 3.43. The zero-order valence-corrected chi connectivity index (χ0v) is 15.7. The quantitative estimate of drug-likeness (QED) is 0.555. The van der Waals surface area contributed by atoms with E-state index in [0.717, 1.165) is 6.07 Å². The number of ether oxygens (including phenoxy) is 1. The summed E-state index contributed by atoms with van der Waals surface area (Å²) in [6.45, 7) is -0.588. The van der Waals surface area contributed by atoms with Crippen LogP contribution in [0.2, 0.25) is 10.0 Å². The third-order valence-corrected chi connectivity index (χ3v) is 4.06. The van der Waals surface area contributed by atoms with Gasteiger partial charge >= 0.3 is 0 Å². The Balaban J connectivity index is 1.87. The monoisotopic (exact) mass is 411 g/mol. The largest absolute Gasteiger partial charge is 0.482 e. The molecule has 0 saturated heterocycles. The van der Waals surface area contributed by atoms with Crippen LogP contribution < -0.4 is 10.1 Å². The van der Waals surface area contributed by atoms with Crippen LogP contribution in [0.3, 0.4) is 0 Å². The van der Waals surface area contributed by atoms with Crippen molar-refractivity contribution >= 4 is 46.4 Å². The molecule has 0 aliphatic heterocycles. The number of nitro groups is 1. The molecule has 0 aliphatic rings. The van der Waals surface area contributed by atoms with Crippen LogP contribution in [0, 0.1) is 10.1 Å². The van der Waals surface area contributed by atoms with Crippen LogP contribution in [0.4, 0.5) is 11.4 Å². The number of para-hydroxylation sites is 1. The lowest BCUT2D eigenvalue weighted by atomic mass is 10.3. The molecule has 2 amide bonds. The fourth-order valence-electron chi connectivity index (χ4n) is 2.03. The summed E-state index contributed by atoms with van der Waals surface area (Å²) >= 11 is 11.9. The molecule has 1 N–H and O–H groups in total. The Labute approximate surface area is 164 Å². The minimum Gasteiger partial charge on any atom is -0.482 e. The minimum absolute atomic E-state index is 0.0103. The Morgan fingerprint density at radius 2 is 1.89 bits per heavy atom. The highest BCUT2D eigenvalue weighted by atomic mass is 35.5. The van der Waals surface area contributed by atoms with Gasteiger partial charge in [-0.05, 0) is 18.2 Å². The lowest BCUT2D eigenvalue weighted by Gasteiger charge is -2.17. The fraction of sp³-hybridized carbons (Fsp3) is 0.176. The van der Waals surface area contributed by atoms with Crippen molar-refractivity contribution in [2.75, 3.05) is 25.5 Å². The van der Waals surface area contributed by atoms with E-state index in [1.54, 1.807) is 24.3 Å². The van der Waals surface area contributed by atoms with Gasteiger partial charge in [-0.2, -0.15) is 0 Å². The number of likely N-dealkylation sites (N-methyl/N-ethyl adjacent to an activating group) is 1. The summed E-state index contributed by atoms with van der Waals surface area (Å²) in [6.07, 6.45) is 0. The first-order chi connectivity index (χ1) is 12.8. The number of carbonyl (C=O) groups is 2. The number of nitrogens with zero attached hydrogens (tertiary/aromatic N) is 2. The average molecular weight is 412 g/mol. The maximum atomic E-state index is 12.1. The predicted octanol–water partition coefficient (Wildman–Crippen LogP) is 3.38. The lowest BCUT2D eigenvalue weighted by molar-refractivity contribution is -0.384. The van der Waals surface area contributed by atoms with E-state index in [-0.39, 0.29) is 29.6 Å². The molecular weight excluding hydrogens is 397 g/mol. The Morgan fingerprint density at radius 1 is 1.19 bits per heavy atom. The number of rotatable bonds is 7. The van der Waals surface area contributed by atoms with Gasteiger partial charge in [-0.25, -0.2) is 0 Å². The minimum atomic E-state index is -0.591. The van der Waals surface area contributed by atoms with Gasteiger partial charge in [-0.1, -0.05) is 35.3 Å². The number of hydrogen-bond acceptors (Lipinski definition) is 5. The van der Waals surface area contributed by atoms with Gasteiger partial charge in [-0.15, -0.1) is 0 Å². The maximum absolute atomic E-state index is 12.1. The number of halogens is 2. The number of hydrogen-bond donors (Lipinski definition) is 1. The standard InChI is InChI=1S/C17H15Cl2N3O5/c1-21(9-16(23)20-14-5-3-2-4-12(14)18)17(24)10-27-15-7-6-11(22(25)26)8-13(15)19/h2-8H,9-10H2,1H3,(H,20,23). The van der Waals surface area contributed by atoms with Gasteiger partial charge in [-0.3, -0.25) is 19.7 Å². The lowest BCUT2D eigenvalue weighted by Crippen LogP contribution is -2.37. The molecule has 8 nitrogen and oxygen atoms in total. The second-order valence-electron chi connectivity index (χ2n) is 5.44. The molecule has 2 rings (SSSR count). The van der Waals surface area contributed by atoms with Crippen LogP contribution in [-0.2, 0) is 9.59 Å². The highest BCUT2D eigenvalue weighted by molar-refractivity contribution is 6.33. The van der Waals surface area contributed by atoms with E-state index in [1.807, 2.05) is 0 Å². The molecule has 0 bridgehead atoms. The fourth-order valence-corrected chi connectivity index (χ4v) is 2.44. The normalized spacial score (nSPS) is 10.2. The van der Waals surface area contributed by atoms with Gasteiger partial charge in [0.05, 0.1) is 27.2 Å². The number of benzene rings is 2. The van der Waals surface area contributed by atoms with E-state index in [9.17, 15) is 19.7 Å². The zero-order valence-electron chi connectivity index (χ0n) is 14.1. The third kappa shape index (κ3) is 5.83. The first kappa shape index (κ1) is 20.5. The smallest absolute Gasteiger partial charge is 0.271 e. The van der Waals surface area contributed by atoms with Crippen LogP contribution >= 0.6 is 23.2 Å². The van der Waals surface area contributed by atoms with Crippen molar-refractivity contribution in [1.29, 1.82) is 0 Å². The second kappa shape index (κ2) is 9.20. The van der Waals surface area contributed by atoms with Crippen LogP contribution in [-0.4, -0.2) is 41.8 Å². The molecule has 10 heteroatoms. The first-order valence-electron chi connectivity index (χ1n) is 7.63. The number of nitro benzene ring substituents is 1. The number of carbonyl (C=O) groups excluding carboxylic acids is 2. The van der Waals surface area contributed by atoms with E-state index in [1.165, 1.54) is 24.1 Å². The molecule has 0 unspecified atom stereocenters. The van der Waals surface area contributed by atoms with Gasteiger partial charge < -0.3 is 15.0 Å². The molecule has 2 aromatic carbocycles. The molecule has 0 aliphatic carbocycles. The molecule has 0 radical (unpaired) electrons. The van der Waals surface area contributed by atoms with E-state index in [2.05, 4.69) is 5.32 Å². The van der Waals surface area contributed by atoms with Crippen molar-refractivity contribution in [1.82, 2.24) is 4.90 Å². The Bertz CT molecular complexity index is 875. The Kier molecular flexibility index (Phi) is 6.98. The van der Waals surface area contributed by atoms with Gasteiger partial charge in [0.2, 0.25) is 5.91 Å². The topological polar surface area (TPSA) is 102 Å². The molecule has 0 spiro atoms. The summed E-state index contributed by atoms with van der Waals surface area (Å²) in [5, 5.41) is 13.7. The molecule has 0 aromatic heterocycles. The summed E-state index contributed by atoms with van der Waals surface area (Å²) in [6, 6.07) is 10.4. The average Bonchev–Trinajstić information content (AvgIpc) is 2.62. The molecule has 2 aromatic rings. The summed E-state index contributed by atoms with van der Waals surface area (Å²) in [7, 11) is 1.44. The molecule has 0 fully saturated rings. The van der Waals surface area contributed by atoms with Gasteiger partial charge in [0.15, 0.2) is 6.61 Å². The summed E-state index contributed by atoms with van der Waals surface area (Å²) < 4.78 is 5.27. The molecule has 0 saturated carbocycles. The van der Waals surface area contributed by atoms with Crippen molar-refractivity contribution in [3.63, 3.8) is 0 Å². The summed E-state index contributed by atoms with van der Waals surface area (Å²) in [4.78, 5) is 35.4. The SMILES string of the molecule is CN(CC(=O)Nc1ccccc1Cl)C(=O)COc1ccc([N+](=O)[O-])cc1Cl. The molecular formula is C17H15Cl2N3O5. The van der Waals surface area contributed by atoms with Crippen LogP contribution in [0.1, 0.15) is 0 Å². The van der Waals surface area contributed by atoms with Gasteiger partial charge in [0.25, 0.3) is 11.6 Å². The number of nitrogens with one attached hydrogen (secondary N) is 1. The van der Waals surface area contributed by atoms with E-state index in [4.69, 9.17) is 27.9 Å². The van der Waals surface area contributed by atoms with Crippen LogP contribution in [0.15, 0.2) is 42.5 Å². The molecule has 27 heavy (non-hydrogen) atoms. The van der Waals surface area contributed by atoms with Gasteiger partial charge in [0, 0.05) is 19.2 Å². The summed E-state index contributed by atoms with van der Waals surface area (Å²) in [5.41, 5.74) is 0.256. The zero-order chi connectivity index (χ0) is 20.0. The Morgan fingerprint density at radius 3 is 2.52 bits per heavy atom. The second-order valence-corrected chi connectivity index (χ2v) is 6.25. The molecule has 142 valence electrons.